The van der Waals surface area contributed by atoms with Crippen LogP contribution >= 0.6 is 0 Å². The minimum Gasteiger partial charge on any atom is -0.352 e. The summed E-state index contributed by atoms with van der Waals surface area (Å²) in [7, 11) is 0. The van der Waals surface area contributed by atoms with Gasteiger partial charge in [0.15, 0.2) is 6.04 Å². The van der Waals surface area contributed by atoms with E-state index in [1.165, 1.54) is 17.4 Å². The molecule has 0 spiro atoms. The van der Waals surface area contributed by atoms with Gasteiger partial charge in [0.2, 0.25) is 5.91 Å². The van der Waals surface area contributed by atoms with Crippen LogP contribution in [0.4, 0.5) is 0 Å². The molecule has 7 heteroatoms. The molecule has 1 saturated heterocycles. The highest BCUT2D eigenvalue weighted by Crippen LogP contribution is 2.18. The number of aromatic nitrogens is 4. The lowest BCUT2D eigenvalue weighted by Gasteiger charge is -2.24. The van der Waals surface area contributed by atoms with E-state index in [0.29, 0.717) is 12.6 Å². The fourth-order valence-corrected chi connectivity index (χ4v) is 3.20. The molecule has 0 saturated carbocycles. The van der Waals surface area contributed by atoms with Crippen LogP contribution in [-0.4, -0.2) is 56.7 Å². The van der Waals surface area contributed by atoms with E-state index in [0.717, 1.165) is 25.1 Å². The summed E-state index contributed by atoms with van der Waals surface area (Å²) in [4.78, 5) is 15.2. The molecule has 122 valence electrons. The standard InChI is InChI=1S/C16H22N6O/c1-2-21-10-6-9-14(21)11-17-16(23)15(22-12-18-19-20-22)13-7-4-3-5-8-13/h3-5,7-8,12,14-15H,2,6,9-11H2,1H3,(H,17,23). The van der Waals surface area contributed by atoms with Gasteiger partial charge in [0.25, 0.3) is 0 Å². The average Bonchev–Trinajstić information content (AvgIpc) is 3.25. The second-order valence-corrected chi connectivity index (χ2v) is 5.77. The molecule has 23 heavy (non-hydrogen) atoms. The number of carbonyl (C=O) groups excluding carboxylic acids is 1. The molecule has 7 nitrogen and oxygen atoms in total. The first-order chi connectivity index (χ1) is 11.3. The normalized spacial score (nSPS) is 19.6. The fraction of sp³-hybridized carbons (Fsp3) is 0.500. The summed E-state index contributed by atoms with van der Waals surface area (Å²) < 4.78 is 1.50. The zero-order chi connectivity index (χ0) is 16.1. The van der Waals surface area contributed by atoms with Gasteiger partial charge in [-0.05, 0) is 41.9 Å². The number of carbonyl (C=O) groups is 1. The van der Waals surface area contributed by atoms with Gasteiger partial charge in [-0.25, -0.2) is 4.68 Å². The Morgan fingerprint density at radius 1 is 1.39 bits per heavy atom. The number of likely N-dealkylation sites (tertiary alicyclic amines) is 1. The van der Waals surface area contributed by atoms with Gasteiger partial charge in [-0.3, -0.25) is 9.69 Å². The first-order valence-electron chi connectivity index (χ1n) is 8.08. The number of rotatable bonds is 6. The maximum Gasteiger partial charge on any atom is 0.249 e. The van der Waals surface area contributed by atoms with Crippen molar-refractivity contribution in [1.82, 2.24) is 30.4 Å². The van der Waals surface area contributed by atoms with Crippen LogP contribution in [0.3, 0.4) is 0 Å². The lowest BCUT2D eigenvalue weighted by Crippen LogP contribution is -2.42. The van der Waals surface area contributed by atoms with Crippen LogP contribution < -0.4 is 5.32 Å². The molecule has 0 bridgehead atoms. The van der Waals surface area contributed by atoms with Crippen molar-refractivity contribution in [2.75, 3.05) is 19.6 Å². The van der Waals surface area contributed by atoms with Crippen molar-refractivity contribution in [3.05, 3.63) is 42.2 Å². The maximum absolute atomic E-state index is 12.7. The van der Waals surface area contributed by atoms with E-state index >= 15 is 0 Å². The number of tetrazole rings is 1. The van der Waals surface area contributed by atoms with Crippen molar-refractivity contribution >= 4 is 5.91 Å². The molecule has 1 aliphatic heterocycles. The predicted molar refractivity (Wildman–Crippen MR) is 85.7 cm³/mol. The summed E-state index contributed by atoms with van der Waals surface area (Å²) >= 11 is 0. The Kier molecular flexibility index (Phi) is 4.97. The summed E-state index contributed by atoms with van der Waals surface area (Å²) in [5.74, 6) is -0.0774. The molecule has 1 aromatic carbocycles. The Balaban J connectivity index is 1.71. The third kappa shape index (κ3) is 3.56. The minimum atomic E-state index is -0.539. The molecule has 2 aromatic rings. The lowest BCUT2D eigenvalue weighted by atomic mass is 10.1. The van der Waals surface area contributed by atoms with Crippen LogP contribution in [0.1, 0.15) is 31.4 Å². The molecule has 1 aliphatic rings. The van der Waals surface area contributed by atoms with Gasteiger partial charge in [-0.1, -0.05) is 37.3 Å². The summed E-state index contributed by atoms with van der Waals surface area (Å²) in [5, 5.41) is 14.3. The zero-order valence-electron chi connectivity index (χ0n) is 13.3. The Bertz CT molecular complexity index is 615. The first kappa shape index (κ1) is 15.6. The number of likely N-dealkylation sites (N-methyl/N-ethyl adjacent to an activating group) is 1. The molecule has 1 fully saturated rings. The lowest BCUT2D eigenvalue weighted by molar-refractivity contribution is -0.123. The third-order valence-electron chi connectivity index (χ3n) is 4.41. The van der Waals surface area contributed by atoms with Crippen LogP contribution in [0.15, 0.2) is 36.7 Å². The van der Waals surface area contributed by atoms with E-state index in [-0.39, 0.29) is 5.91 Å². The highest BCUT2D eigenvalue weighted by molar-refractivity contribution is 5.83. The van der Waals surface area contributed by atoms with Crippen molar-refractivity contribution in [2.45, 2.75) is 31.8 Å². The molecule has 1 N–H and O–H groups in total. The number of benzene rings is 1. The number of amides is 1. The SMILES string of the molecule is CCN1CCCC1CNC(=O)C(c1ccccc1)n1cnnn1. The van der Waals surface area contributed by atoms with Crippen molar-refractivity contribution in [3.63, 3.8) is 0 Å². The molecule has 1 aromatic heterocycles. The number of hydrogen-bond donors (Lipinski definition) is 1. The largest absolute Gasteiger partial charge is 0.352 e. The molecule has 1 amide bonds. The van der Waals surface area contributed by atoms with Crippen molar-refractivity contribution in [3.8, 4) is 0 Å². The Hall–Kier alpha value is -2.28. The highest BCUT2D eigenvalue weighted by Gasteiger charge is 2.27. The number of hydrogen-bond acceptors (Lipinski definition) is 5. The number of nitrogens with one attached hydrogen (secondary N) is 1. The summed E-state index contributed by atoms with van der Waals surface area (Å²) in [6, 6.07) is 9.47. The topological polar surface area (TPSA) is 75.9 Å². The van der Waals surface area contributed by atoms with E-state index in [4.69, 9.17) is 0 Å². The van der Waals surface area contributed by atoms with Crippen LogP contribution in [-0.2, 0) is 4.79 Å². The summed E-state index contributed by atoms with van der Waals surface area (Å²) in [6.45, 7) is 4.97. The van der Waals surface area contributed by atoms with Crippen molar-refractivity contribution < 1.29 is 4.79 Å². The molecule has 3 rings (SSSR count). The van der Waals surface area contributed by atoms with Gasteiger partial charge >= 0.3 is 0 Å². The Morgan fingerprint density at radius 3 is 2.91 bits per heavy atom. The molecule has 2 heterocycles. The van der Waals surface area contributed by atoms with Gasteiger partial charge in [-0.2, -0.15) is 0 Å². The van der Waals surface area contributed by atoms with Gasteiger partial charge < -0.3 is 5.32 Å². The van der Waals surface area contributed by atoms with Gasteiger partial charge in [0, 0.05) is 12.6 Å². The van der Waals surface area contributed by atoms with Crippen molar-refractivity contribution in [2.24, 2.45) is 0 Å². The minimum absolute atomic E-state index is 0.0774. The first-order valence-corrected chi connectivity index (χ1v) is 8.08. The fourth-order valence-electron chi connectivity index (χ4n) is 3.20. The van der Waals surface area contributed by atoms with Gasteiger partial charge in [-0.15, -0.1) is 5.10 Å². The molecule has 0 radical (unpaired) electrons. The Labute approximate surface area is 135 Å². The van der Waals surface area contributed by atoms with E-state index in [2.05, 4.69) is 32.7 Å². The van der Waals surface area contributed by atoms with E-state index in [9.17, 15) is 4.79 Å². The second kappa shape index (κ2) is 7.32. The average molecular weight is 314 g/mol. The molecule has 2 unspecified atom stereocenters. The molecule has 2 atom stereocenters. The monoisotopic (exact) mass is 314 g/mol. The van der Waals surface area contributed by atoms with Crippen LogP contribution in [0.5, 0.6) is 0 Å². The smallest absolute Gasteiger partial charge is 0.249 e. The molecular formula is C16H22N6O. The molecular weight excluding hydrogens is 292 g/mol. The zero-order valence-corrected chi connectivity index (χ0v) is 13.3. The van der Waals surface area contributed by atoms with Crippen LogP contribution in [0, 0.1) is 0 Å². The van der Waals surface area contributed by atoms with Crippen LogP contribution in [0.2, 0.25) is 0 Å². The second-order valence-electron chi connectivity index (χ2n) is 5.77. The van der Waals surface area contributed by atoms with Crippen LogP contribution in [0.25, 0.3) is 0 Å². The van der Waals surface area contributed by atoms with E-state index < -0.39 is 6.04 Å². The van der Waals surface area contributed by atoms with Gasteiger partial charge in [0.05, 0.1) is 0 Å². The van der Waals surface area contributed by atoms with Crippen molar-refractivity contribution in [1.29, 1.82) is 0 Å². The Morgan fingerprint density at radius 2 is 2.22 bits per heavy atom. The highest BCUT2D eigenvalue weighted by atomic mass is 16.2. The molecule has 0 aliphatic carbocycles. The van der Waals surface area contributed by atoms with E-state index in [1.54, 1.807) is 0 Å². The van der Waals surface area contributed by atoms with E-state index in [1.807, 2.05) is 30.3 Å². The number of nitrogens with zero attached hydrogens (tertiary/aromatic N) is 5. The maximum atomic E-state index is 12.7. The predicted octanol–water partition coefficient (Wildman–Crippen LogP) is 0.863. The quantitative estimate of drug-likeness (QED) is 0.856. The summed E-state index contributed by atoms with van der Waals surface area (Å²) in [5.41, 5.74) is 0.871. The third-order valence-corrected chi connectivity index (χ3v) is 4.41. The van der Waals surface area contributed by atoms with Gasteiger partial charge in [0.1, 0.15) is 6.33 Å². The summed E-state index contributed by atoms with van der Waals surface area (Å²) in [6.07, 6.45) is 3.81.